The number of nitrogens with zero attached hydrogens (tertiary/aromatic N) is 1. The van der Waals surface area contributed by atoms with Gasteiger partial charge in [0, 0.05) is 0 Å². The Balaban J connectivity index is 1.78. The molecular formula is C33H23N. The van der Waals surface area contributed by atoms with Crippen LogP contribution >= 0.6 is 0 Å². The second-order valence-corrected chi connectivity index (χ2v) is 8.98. The van der Waals surface area contributed by atoms with E-state index in [-0.39, 0.29) is 0 Å². The summed E-state index contributed by atoms with van der Waals surface area (Å²) in [6.07, 6.45) is 2.23. The molecule has 0 fully saturated rings. The highest BCUT2D eigenvalue weighted by atomic mass is 14.5. The smallest absolute Gasteiger partial charge is 0.0966 e. The molecule has 4 aromatic carbocycles. The van der Waals surface area contributed by atoms with Crippen molar-refractivity contribution in [3.05, 3.63) is 160 Å². The molecule has 0 heterocycles. The number of fused-ring (bicyclic) bond motifs is 3. The number of nitriles is 1. The van der Waals surface area contributed by atoms with Crippen molar-refractivity contribution in [2.75, 3.05) is 0 Å². The Hall–Kier alpha value is -4.41. The minimum Gasteiger partial charge on any atom is -0.193 e. The van der Waals surface area contributed by atoms with E-state index in [4.69, 9.17) is 0 Å². The van der Waals surface area contributed by atoms with Crippen LogP contribution in [0.15, 0.2) is 132 Å². The quantitative estimate of drug-likeness (QED) is 0.323. The maximum atomic E-state index is 10.6. The number of rotatable bonds is 3. The van der Waals surface area contributed by atoms with Crippen molar-refractivity contribution in [1.82, 2.24) is 0 Å². The molecule has 0 saturated carbocycles. The Morgan fingerprint density at radius 2 is 1.15 bits per heavy atom. The molecule has 1 unspecified atom stereocenters. The molecule has 2 aliphatic rings. The highest BCUT2D eigenvalue weighted by Crippen LogP contribution is 2.60. The molecule has 0 saturated heterocycles. The van der Waals surface area contributed by atoms with Crippen molar-refractivity contribution >= 4 is 16.7 Å². The summed E-state index contributed by atoms with van der Waals surface area (Å²) >= 11 is 0. The molecule has 0 bridgehead atoms. The normalized spacial score (nSPS) is 18.8. The van der Waals surface area contributed by atoms with Gasteiger partial charge in [-0.1, -0.05) is 115 Å². The lowest BCUT2D eigenvalue weighted by molar-refractivity contribution is 0.712. The van der Waals surface area contributed by atoms with E-state index in [1.165, 1.54) is 33.4 Å². The first kappa shape index (κ1) is 20.2. The van der Waals surface area contributed by atoms with Gasteiger partial charge in [0.15, 0.2) is 0 Å². The second kappa shape index (κ2) is 7.87. The molecule has 2 aliphatic carbocycles. The summed E-state index contributed by atoms with van der Waals surface area (Å²) in [5, 5.41) is 10.6. The number of hydrogen-bond donors (Lipinski definition) is 0. The van der Waals surface area contributed by atoms with Gasteiger partial charge in [-0.3, -0.25) is 0 Å². The summed E-state index contributed by atoms with van der Waals surface area (Å²) in [6, 6.07) is 42.7. The molecule has 0 amide bonds. The first-order valence-corrected chi connectivity index (χ1v) is 11.6. The van der Waals surface area contributed by atoms with Crippen molar-refractivity contribution in [2.24, 2.45) is 0 Å². The SMILES string of the molecule is CC12C(C#N)=C(c3ccccc3)C=C(c3ccccc3)C1=C(c1ccccc1)c1ccccc12. The summed E-state index contributed by atoms with van der Waals surface area (Å²) in [7, 11) is 0. The fourth-order valence-corrected chi connectivity index (χ4v) is 5.65. The summed E-state index contributed by atoms with van der Waals surface area (Å²) in [6.45, 7) is 2.23. The third kappa shape index (κ3) is 2.86. The predicted octanol–water partition coefficient (Wildman–Crippen LogP) is 7.83. The summed E-state index contributed by atoms with van der Waals surface area (Å²) in [5.74, 6) is 0. The van der Waals surface area contributed by atoms with Crippen LogP contribution in [0.4, 0.5) is 0 Å². The molecule has 1 heteroatoms. The zero-order valence-corrected chi connectivity index (χ0v) is 19.0. The van der Waals surface area contributed by atoms with Crippen molar-refractivity contribution in [2.45, 2.75) is 12.3 Å². The summed E-state index contributed by atoms with van der Waals surface area (Å²) in [5.41, 5.74) is 10.6. The largest absolute Gasteiger partial charge is 0.193 e. The van der Waals surface area contributed by atoms with E-state index in [0.29, 0.717) is 0 Å². The van der Waals surface area contributed by atoms with E-state index in [9.17, 15) is 5.26 Å². The summed E-state index contributed by atoms with van der Waals surface area (Å²) in [4.78, 5) is 0. The zero-order valence-electron chi connectivity index (χ0n) is 19.0. The van der Waals surface area contributed by atoms with Gasteiger partial charge in [0.1, 0.15) is 0 Å². The number of hydrogen-bond acceptors (Lipinski definition) is 1. The van der Waals surface area contributed by atoms with Crippen LogP contribution < -0.4 is 0 Å². The van der Waals surface area contributed by atoms with Crippen LogP contribution in [0.25, 0.3) is 16.7 Å². The van der Waals surface area contributed by atoms with Crippen molar-refractivity contribution < 1.29 is 0 Å². The van der Waals surface area contributed by atoms with Gasteiger partial charge in [0.25, 0.3) is 0 Å². The monoisotopic (exact) mass is 433 g/mol. The first-order valence-electron chi connectivity index (χ1n) is 11.6. The fraction of sp³-hybridized carbons (Fsp3) is 0.0606. The van der Waals surface area contributed by atoms with Gasteiger partial charge in [-0.2, -0.15) is 5.26 Å². The van der Waals surface area contributed by atoms with Gasteiger partial charge < -0.3 is 0 Å². The van der Waals surface area contributed by atoms with Crippen molar-refractivity contribution in [3.63, 3.8) is 0 Å². The second-order valence-electron chi connectivity index (χ2n) is 8.98. The average Bonchev–Trinajstić information content (AvgIpc) is 3.18. The predicted molar refractivity (Wildman–Crippen MR) is 140 cm³/mol. The Kier molecular flexibility index (Phi) is 4.68. The van der Waals surface area contributed by atoms with Gasteiger partial charge in [0.2, 0.25) is 0 Å². The van der Waals surface area contributed by atoms with Crippen LogP contribution in [0, 0.1) is 11.3 Å². The molecule has 6 rings (SSSR count). The third-order valence-electron chi connectivity index (χ3n) is 7.16. The lowest BCUT2D eigenvalue weighted by Gasteiger charge is -2.36. The molecule has 160 valence electrons. The molecule has 1 nitrogen and oxygen atoms in total. The van der Waals surface area contributed by atoms with E-state index in [0.717, 1.165) is 22.3 Å². The Morgan fingerprint density at radius 1 is 0.618 bits per heavy atom. The van der Waals surface area contributed by atoms with Gasteiger partial charge in [-0.05, 0) is 63.1 Å². The van der Waals surface area contributed by atoms with Crippen LogP contribution in [0.1, 0.15) is 34.7 Å². The molecule has 1 atom stereocenters. The molecule has 34 heavy (non-hydrogen) atoms. The minimum absolute atomic E-state index is 0.554. The molecule has 0 aromatic heterocycles. The van der Waals surface area contributed by atoms with Crippen LogP contribution in [0.2, 0.25) is 0 Å². The van der Waals surface area contributed by atoms with Gasteiger partial charge in [-0.15, -0.1) is 0 Å². The van der Waals surface area contributed by atoms with Crippen LogP contribution in [-0.2, 0) is 5.41 Å². The Bertz CT molecular complexity index is 1530. The summed E-state index contributed by atoms with van der Waals surface area (Å²) < 4.78 is 0. The van der Waals surface area contributed by atoms with Crippen LogP contribution in [-0.4, -0.2) is 0 Å². The lowest BCUT2D eigenvalue weighted by Crippen LogP contribution is -2.29. The topological polar surface area (TPSA) is 23.8 Å². The number of benzene rings is 4. The highest BCUT2D eigenvalue weighted by molar-refractivity contribution is 6.09. The maximum absolute atomic E-state index is 10.6. The maximum Gasteiger partial charge on any atom is 0.0966 e. The molecule has 0 N–H and O–H groups in total. The molecule has 0 spiro atoms. The highest BCUT2D eigenvalue weighted by Gasteiger charge is 2.49. The van der Waals surface area contributed by atoms with E-state index in [2.05, 4.69) is 116 Å². The average molecular weight is 434 g/mol. The van der Waals surface area contributed by atoms with Crippen molar-refractivity contribution in [1.29, 1.82) is 5.26 Å². The molecule has 0 aliphatic heterocycles. The van der Waals surface area contributed by atoms with Crippen molar-refractivity contribution in [3.8, 4) is 6.07 Å². The van der Waals surface area contributed by atoms with E-state index in [1.807, 2.05) is 18.2 Å². The van der Waals surface area contributed by atoms with E-state index >= 15 is 0 Å². The Morgan fingerprint density at radius 3 is 1.76 bits per heavy atom. The Labute approximate surface area is 200 Å². The van der Waals surface area contributed by atoms with Crippen LogP contribution in [0.3, 0.4) is 0 Å². The molecule has 0 radical (unpaired) electrons. The molecule has 4 aromatic rings. The minimum atomic E-state index is -0.554. The third-order valence-corrected chi connectivity index (χ3v) is 7.16. The van der Waals surface area contributed by atoms with Gasteiger partial charge >= 0.3 is 0 Å². The van der Waals surface area contributed by atoms with Gasteiger partial charge in [0.05, 0.1) is 17.1 Å². The molecular weight excluding hydrogens is 410 g/mol. The standard InChI is InChI=1S/C33H23N/c1-33-29-20-12-11-19-26(29)31(25-17-9-4-10-18-25)32(33)28(24-15-7-3-8-16-24)21-27(30(33)22-34)23-13-5-2-6-14-23/h2-21H,1H3. The zero-order chi connectivity index (χ0) is 23.1. The number of allylic oxidation sites excluding steroid dienone is 5. The fourth-order valence-electron chi connectivity index (χ4n) is 5.65. The lowest BCUT2D eigenvalue weighted by atomic mass is 9.64. The first-order chi connectivity index (χ1) is 16.7. The van der Waals surface area contributed by atoms with Gasteiger partial charge in [-0.25, -0.2) is 0 Å². The van der Waals surface area contributed by atoms with E-state index in [1.54, 1.807) is 0 Å². The van der Waals surface area contributed by atoms with Crippen LogP contribution in [0.5, 0.6) is 0 Å². The van der Waals surface area contributed by atoms with E-state index < -0.39 is 5.41 Å².